The minimum atomic E-state index is -0.688. The lowest BCUT2D eigenvalue weighted by atomic mass is 10.1. The minimum Gasteiger partial charge on any atom is -0.494 e. The second-order valence-corrected chi connectivity index (χ2v) is 7.13. The number of carbonyl (C=O) groups excluding carboxylic acids is 1. The standard InChI is InChI=1S/C24H18ClN3O5/c1-32-23-13-19(28(30)31)9-10-22(23)27-24(29)18(14-26)11-16-5-4-7-20(12-16)33-15-17-6-2-3-8-21(17)25/h2-13H,15H2,1H3,(H,27,29). The number of anilines is 1. The smallest absolute Gasteiger partial charge is 0.273 e. The Labute approximate surface area is 194 Å². The average molecular weight is 464 g/mol. The second-order valence-electron chi connectivity index (χ2n) is 6.72. The largest absolute Gasteiger partial charge is 0.494 e. The molecule has 0 bridgehead atoms. The molecule has 0 aliphatic rings. The summed E-state index contributed by atoms with van der Waals surface area (Å²) in [5, 5.41) is 23.5. The van der Waals surface area contributed by atoms with Crippen molar-refractivity contribution in [2.24, 2.45) is 0 Å². The van der Waals surface area contributed by atoms with Gasteiger partial charge in [-0.3, -0.25) is 14.9 Å². The van der Waals surface area contributed by atoms with Gasteiger partial charge in [0.05, 0.1) is 23.8 Å². The number of hydrogen-bond acceptors (Lipinski definition) is 6. The third kappa shape index (κ3) is 6.09. The van der Waals surface area contributed by atoms with Gasteiger partial charge in [0, 0.05) is 16.7 Å². The van der Waals surface area contributed by atoms with Crippen molar-refractivity contribution in [2.75, 3.05) is 12.4 Å². The lowest BCUT2D eigenvalue weighted by Crippen LogP contribution is -2.14. The van der Waals surface area contributed by atoms with E-state index in [0.29, 0.717) is 16.3 Å². The maximum Gasteiger partial charge on any atom is 0.273 e. The molecule has 3 rings (SSSR count). The molecule has 33 heavy (non-hydrogen) atoms. The maximum atomic E-state index is 12.6. The van der Waals surface area contributed by atoms with Gasteiger partial charge in [-0.15, -0.1) is 0 Å². The van der Waals surface area contributed by atoms with Gasteiger partial charge in [-0.1, -0.05) is 41.9 Å². The average Bonchev–Trinajstić information content (AvgIpc) is 2.82. The number of ether oxygens (including phenoxy) is 2. The summed E-state index contributed by atoms with van der Waals surface area (Å²) in [4.78, 5) is 23.0. The van der Waals surface area contributed by atoms with Crippen molar-refractivity contribution in [2.45, 2.75) is 6.61 Å². The first-order valence-electron chi connectivity index (χ1n) is 9.63. The van der Waals surface area contributed by atoms with Crippen LogP contribution in [0.2, 0.25) is 5.02 Å². The van der Waals surface area contributed by atoms with Gasteiger partial charge < -0.3 is 14.8 Å². The SMILES string of the molecule is COc1cc([N+](=O)[O-])ccc1NC(=O)C(C#N)=Cc1cccc(OCc2ccccc2Cl)c1. The molecule has 0 radical (unpaired) electrons. The fourth-order valence-corrected chi connectivity index (χ4v) is 3.06. The first-order valence-corrected chi connectivity index (χ1v) is 10.0. The Hall–Kier alpha value is -4.35. The molecule has 3 aromatic rings. The van der Waals surface area contributed by atoms with Crippen molar-refractivity contribution in [1.82, 2.24) is 0 Å². The van der Waals surface area contributed by atoms with Crippen LogP contribution in [-0.2, 0) is 11.4 Å². The van der Waals surface area contributed by atoms with Crippen LogP contribution >= 0.6 is 11.6 Å². The third-order valence-corrected chi connectivity index (χ3v) is 4.90. The molecule has 1 amide bonds. The fourth-order valence-electron chi connectivity index (χ4n) is 2.87. The highest BCUT2D eigenvalue weighted by Gasteiger charge is 2.16. The summed E-state index contributed by atoms with van der Waals surface area (Å²) in [6.07, 6.45) is 1.41. The topological polar surface area (TPSA) is 114 Å². The normalized spacial score (nSPS) is 10.8. The summed E-state index contributed by atoms with van der Waals surface area (Å²) in [5.74, 6) is -0.0461. The quantitative estimate of drug-likeness (QED) is 0.207. The highest BCUT2D eigenvalue weighted by molar-refractivity contribution is 6.31. The Kier molecular flexibility index (Phi) is 7.63. The molecule has 0 atom stereocenters. The van der Waals surface area contributed by atoms with E-state index in [4.69, 9.17) is 21.1 Å². The molecule has 0 aliphatic carbocycles. The van der Waals surface area contributed by atoms with Crippen LogP contribution in [0.5, 0.6) is 11.5 Å². The molecule has 0 aliphatic heterocycles. The number of benzene rings is 3. The highest BCUT2D eigenvalue weighted by atomic mass is 35.5. The summed E-state index contributed by atoms with van der Waals surface area (Å²) in [5.41, 5.74) is 1.25. The number of methoxy groups -OCH3 is 1. The molecule has 0 fully saturated rings. The fraction of sp³-hybridized carbons (Fsp3) is 0.0833. The zero-order valence-corrected chi connectivity index (χ0v) is 18.2. The first-order chi connectivity index (χ1) is 15.9. The molecule has 0 heterocycles. The van der Waals surface area contributed by atoms with Crippen LogP contribution in [0.25, 0.3) is 6.08 Å². The zero-order valence-electron chi connectivity index (χ0n) is 17.4. The molecule has 3 aromatic carbocycles. The summed E-state index contributed by atoms with van der Waals surface area (Å²) in [6, 6.07) is 19.8. The number of nitrogens with zero attached hydrogens (tertiary/aromatic N) is 2. The Morgan fingerprint density at radius 1 is 1.18 bits per heavy atom. The molecule has 0 saturated heterocycles. The Balaban J connectivity index is 1.76. The van der Waals surface area contributed by atoms with E-state index in [2.05, 4.69) is 5.32 Å². The number of nitro groups is 1. The Bertz CT molecular complexity index is 1270. The number of halogens is 1. The van der Waals surface area contributed by atoms with Crippen LogP contribution in [-0.4, -0.2) is 17.9 Å². The van der Waals surface area contributed by atoms with E-state index in [1.807, 2.05) is 24.3 Å². The van der Waals surface area contributed by atoms with Crippen LogP contribution in [0.4, 0.5) is 11.4 Å². The highest BCUT2D eigenvalue weighted by Crippen LogP contribution is 2.29. The summed E-state index contributed by atoms with van der Waals surface area (Å²) >= 11 is 6.14. The number of amides is 1. The van der Waals surface area contributed by atoms with Gasteiger partial charge >= 0.3 is 0 Å². The lowest BCUT2D eigenvalue weighted by Gasteiger charge is -2.10. The summed E-state index contributed by atoms with van der Waals surface area (Å²) in [7, 11) is 1.32. The number of rotatable bonds is 8. The van der Waals surface area contributed by atoms with E-state index in [0.717, 1.165) is 5.56 Å². The molecule has 1 N–H and O–H groups in total. The number of carbonyl (C=O) groups is 1. The van der Waals surface area contributed by atoms with E-state index in [1.54, 1.807) is 30.3 Å². The van der Waals surface area contributed by atoms with E-state index in [1.165, 1.54) is 31.4 Å². The first kappa shape index (κ1) is 23.3. The van der Waals surface area contributed by atoms with Crippen molar-refractivity contribution < 1.29 is 19.2 Å². The number of nitriles is 1. The molecule has 0 saturated carbocycles. The molecule has 0 spiro atoms. The van der Waals surface area contributed by atoms with Crippen molar-refractivity contribution >= 4 is 35.0 Å². The number of non-ortho nitro benzene ring substituents is 1. The lowest BCUT2D eigenvalue weighted by molar-refractivity contribution is -0.384. The number of hydrogen-bond donors (Lipinski definition) is 1. The van der Waals surface area contributed by atoms with Crippen LogP contribution in [0, 0.1) is 21.4 Å². The zero-order chi connectivity index (χ0) is 23.8. The van der Waals surface area contributed by atoms with Gasteiger partial charge in [-0.25, -0.2) is 0 Å². The van der Waals surface area contributed by atoms with E-state index >= 15 is 0 Å². The molecular formula is C24H18ClN3O5. The minimum absolute atomic E-state index is 0.102. The maximum absolute atomic E-state index is 12.6. The van der Waals surface area contributed by atoms with Gasteiger partial charge in [0.1, 0.15) is 29.7 Å². The molecular weight excluding hydrogens is 446 g/mol. The van der Waals surface area contributed by atoms with Crippen molar-refractivity contribution in [1.29, 1.82) is 5.26 Å². The van der Waals surface area contributed by atoms with Crippen molar-refractivity contribution in [3.05, 3.63) is 98.6 Å². The second kappa shape index (κ2) is 10.8. The molecule has 9 heteroatoms. The van der Waals surface area contributed by atoms with E-state index in [9.17, 15) is 20.2 Å². The van der Waals surface area contributed by atoms with Gasteiger partial charge in [-0.05, 0) is 35.9 Å². The van der Waals surface area contributed by atoms with Gasteiger partial charge in [0.2, 0.25) is 0 Å². The molecule has 8 nitrogen and oxygen atoms in total. The van der Waals surface area contributed by atoms with Crippen LogP contribution in [0.1, 0.15) is 11.1 Å². The Morgan fingerprint density at radius 3 is 2.67 bits per heavy atom. The van der Waals surface area contributed by atoms with Gasteiger partial charge in [-0.2, -0.15) is 5.26 Å². The van der Waals surface area contributed by atoms with Crippen LogP contribution < -0.4 is 14.8 Å². The third-order valence-electron chi connectivity index (χ3n) is 4.53. The van der Waals surface area contributed by atoms with Crippen LogP contribution in [0.15, 0.2) is 72.3 Å². The van der Waals surface area contributed by atoms with Gasteiger partial charge in [0.15, 0.2) is 0 Å². The predicted octanol–water partition coefficient (Wildman–Crippen LogP) is 5.38. The predicted molar refractivity (Wildman–Crippen MR) is 124 cm³/mol. The monoisotopic (exact) mass is 463 g/mol. The Morgan fingerprint density at radius 2 is 1.97 bits per heavy atom. The summed E-state index contributed by atoms with van der Waals surface area (Å²) < 4.78 is 10.9. The molecule has 0 aromatic heterocycles. The summed E-state index contributed by atoms with van der Waals surface area (Å²) in [6.45, 7) is 0.262. The van der Waals surface area contributed by atoms with Crippen molar-refractivity contribution in [3.63, 3.8) is 0 Å². The molecule has 0 unspecified atom stereocenters. The van der Waals surface area contributed by atoms with Crippen LogP contribution in [0.3, 0.4) is 0 Å². The van der Waals surface area contributed by atoms with E-state index < -0.39 is 10.8 Å². The molecule has 166 valence electrons. The van der Waals surface area contributed by atoms with Gasteiger partial charge in [0.25, 0.3) is 11.6 Å². The number of nitrogens with one attached hydrogen (secondary N) is 1. The van der Waals surface area contributed by atoms with Crippen molar-refractivity contribution in [3.8, 4) is 17.6 Å². The van der Waals surface area contributed by atoms with E-state index in [-0.39, 0.29) is 29.3 Å². The number of nitro benzene ring substituents is 1.